The number of benzene rings is 5. The molecule has 0 amide bonds. The van der Waals surface area contributed by atoms with Gasteiger partial charge in [-0.3, -0.25) is 13.5 Å². The van der Waals surface area contributed by atoms with E-state index < -0.39 is 71.6 Å². The van der Waals surface area contributed by atoms with Crippen LogP contribution in [-0.2, 0) is 39.0 Å². The molecule has 0 aliphatic carbocycles. The van der Waals surface area contributed by atoms with Crippen molar-refractivity contribution in [3.05, 3.63) is 77.9 Å². The zero-order valence-electron chi connectivity index (χ0n) is 36.4. The van der Waals surface area contributed by atoms with E-state index >= 15 is 0 Å². The number of azo groups is 3. The molecule has 0 aliphatic heterocycles. The van der Waals surface area contributed by atoms with Crippen LogP contribution in [0.5, 0.6) is 23.1 Å². The van der Waals surface area contributed by atoms with E-state index in [9.17, 15) is 51.6 Å². The summed E-state index contributed by atoms with van der Waals surface area (Å²) in [6, 6.07) is 16.9. The van der Waals surface area contributed by atoms with Gasteiger partial charge in [0.05, 0.1) is 57.9 Å². The lowest BCUT2D eigenvalue weighted by Crippen LogP contribution is -2.04. The van der Waals surface area contributed by atoms with Crippen molar-refractivity contribution in [3.63, 3.8) is 0 Å². The van der Waals surface area contributed by atoms with E-state index in [1.54, 1.807) is 24.3 Å². The van der Waals surface area contributed by atoms with Gasteiger partial charge in [-0.05, 0) is 49.4 Å². The Bertz CT molecular complexity index is 3850. The molecule has 8 N–H and O–H groups in total. The van der Waals surface area contributed by atoms with Crippen LogP contribution in [0.3, 0.4) is 0 Å². The van der Waals surface area contributed by atoms with E-state index in [0.717, 1.165) is 29.5 Å². The van der Waals surface area contributed by atoms with Crippen LogP contribution in [0.1, 0.15) is 11.1 Å². The van der Waals surface area contributed by atoms with E-state index in [-0.39, 0.29) is 101 Å². The molecule has 0 saturated heterocycles. The average molecular weight is 1100 g/mol. The van der Waals surface area contributed by atoms with Gasteiger partial charge in [0, 0.05) is 33.4 Å². The third-order valence-corrected chi connectivity index (χ3v) is 13.9. The fourth-order valence-electron chi connectivity index (χ4n) is 7.01. The first-order valence-electron chi connectivity index (χ1n) is 20.0. The van der Waals surface area contributed by atoms with Crippen molar-refractivity contribution >= 4 is 127 Å². The highest BCUT2D eigenvalue weighted by Crippen LogP contribution is 2.49. The molecule has 33 heteroatoms. The number of fused-ring (bicyclic) bond motifs is 5. The zero-order valence-corrected chi connectivity index (χ0v) is 40.4. The first kappa shape index (κ1) is 52.2. The molecule has 8 rings (SSSR count). The highest BCUT2D eigenvalue weighted by atomic mass is 32.2. The molecule has 0 aliphatic rings. The molecule has 8 aromatic rings. The number of ether oxygens (including phenoxy) is 2. The predicted octanol–water partition coefficient (Wildman–Crippen LogP) is 9.18. The van der Waals surface area contributed by atoms with Crippen molar-refractivity contribution in [2.75, 3.05) is 26.4 Å². The number of nitrogens with zero attached hydrogens (tertiary/aromatic N) is 10. The maximum absolute atomic E-state index is 13.2. The van der Waals surface area contributed by atoms with Gasteiger partial charge in [-0.1, -0.05) is 33.5 Å². The van der Waals surface area contributed by atoms with Gasteiger partial charge in [0.15, 0.2) is 17.1 Å². The monoisotopic (exact) mass is 1100 g/mol. The standard InChI is InChI=1S/C40H30N10O18S5/c1-18-22(17-41)38-42-23-4-2-3-5-27(23)50(38)39(54)33(18)47-44-24-7-6-20-21(37(24)73(60,61)62)14-31(71-68-66-56)35(36(20)53)48-45-25-15-29(64-11-9-52)26(16-28(25)63-10-8-51)46-49-40-43-34-30(69-40)12-19(70-67-65-55)13-32(34)72(57,58)59/h2-7,12-16,51-56H,8-11H2,1H3,(H,57,58,59)(H,60,61,62). The SMILES string of the molecule is Cc1c(N=Nc2ccc3c(O)c(N=Nc4cc(OCCO)c(N=Nc5nc6c(S(=O)(=O)O)cc(SOOO)cc6s5)cc4OCCO)c(SOOO)cc3c2S(=O)(=O)O)c(O)n2c(nc3ccccc32)c1C#N. The number of pyridine rings is 1. The first-order valence-corrected chi connectivity index (χ1v) is 25.1. The molecule has 0 radical (unpaired) electrons. The summed E-state index contributed by atoms with van der Waals surface area (Å²) in [5, 5.41) is 101. The van der Waals surface area contributed by atoms with Crippen molar-refractivity contribution in [2.45, 2.75) is 26.5 Å². The topological polar surface area (TPSA) is 414 Å². The lowest BCUT2D eigenvalue weighted by atomic mass is 10.1. The van der Waals surface area contributed by atoms with Crippen LogP contribution in [0.15, 0.2) is 117 Å². The minimum Gasteiger partial charge on any atom is -0.505 e. The van der Waals surface area contributed by atoms with Crippen LogP contribution < -0.4 is 9.47 Å². The van der Waals surface area contributed by atoms with Crippen molar-refractivity contribution in [2.24, 2.45) is 30.7 Å². The molecular formula is C40H30N10O18S5. The van der Waals surface area contributed by atoms with Crippen LogP contribution in [-0.4, -0.2) is 97.7 Å². The maximum atomic E-state index is 13.2. The van der Waals surface area contributed by atoms with Gasteiger partial charge in [-0.25, -0.2) is 20.5 Å². The Kier molecular flexibility index (Phi) is 15.7. The van der Waals surface area contributed by atoms with Gasteiger partial charge < -0.3 is 29.9 Å². The fraction of sp³-hybridized carbons (Fsp3) is 0.125. The Morgan fingerprint density at radius 3 is 2.04 bits per heavy atom. The fourth-order valence-corrected chi connectivity index (χ4v) is 10.5. The van der Waals surface area contributed by atoms with E-state index in [1.165, 1.54) is 35.6 Å². The first-order chi connectivity index (χ1) is 35.0. The number of phenolic OH excluding ortho intramolecular Hbond substituents is 1. The number of aliphatic hydroxyl groups excluding tert-OH is 2. The molecular weight excluding hydrogens is 1070 g/mol. The Labute approximate surface area is 420 Å². The summed E-state index contributed by atoms with van der Waals surface area (Å²) in [7, 11) is -10.1. The number of hydrogen-bond acceptors (Lipinski definition) is 28. The van der Waals surface area contributed by atoms with Crippen LogP contribution in [0.2, 0.25) is 0 Å². The van der Waals surface area contributed by atoms with Crippen LogP contribution in [0.4, 0.5) is 33.6 Å². The highest BCUT2D eigenvalue weighted by Gasteiger charge is 2.27. The molecule has 73 heavy (non-hydrogen) atoms. The number of hydrogen-bond donors (Lipinski definition) is 8. The number of aliphatic hydroxyl groups is 2. The Hall–Kier alpha value is -7.11. The number of para-hydroxylation sites is 2. The van der Waals surface area contributed by atoms with E-state index in [1.807, 2.05) is 6.07 Å². The quantitative estimate of drug-likeness (QED) is 0.0116. The molecule has 28 nitrogen and oxygen atoms in total. The molecule has 3 aromatic heterocycles. The van der Waals surface area contributed by atoms with Crippen LogP contribution >= 0.6 is 35.4 Å². The van der Waals surface area contributed by atoms with Gasteiger partial charge in [-0.15, -0.1) is 39.4 Å². The van der Waals surface area contributed by atoms with Crippen molar-refractivity contribution in [1.29, 1.82) is 5.26 Å². The highest BCUT2D eigenvalue weighted by molar-refractivity contribution is 7.95. The number of thiazole rings is 1. The average Bonchev–Trinajstić information content (AvgIpc) is 3.96. The van der Waals surface area contributed by atoms with Gasteiger partial charge in [0.25, 0.3) is 20.2 Å². The Balaban J connectivity index is 1.21. The van der Waals surface area contributed by atoms with Crippen molar-refractivity contribution in [3.8, 4) is 29.2 Å². The summed E-state index contributed by atoms with van der Waals surface area (Å²) >= 11 is 1.44. The third kappa shape index (κ3) is 10.8. The van der Waals surface area contributed by atoms with Crippen LogP contribution in [0.25, 0.3) is 37.7 Å². The second kappa shape index (κ2) is 21.9. The molecule has 378 valence electrons. The van der Waals surface area contributed by atoms with Gasteiger partial charge in [0.2, 0.25) is 11.0 Å². The minimum atomic E-state index is -5.27. The number of aromatic nitrogens is 3. The summed E-state index contributed by atoms with van der Waals surface area (Å²) in [4.78, 5) is 6.85. The molecule has 0 fully saturated rings. The number of aromatic hydroxyl groups is 2. The van der Waals surface area contributed by atoms with Gasteiger partial charge in [0.1, 0.15) is 74.4 Å². The Morgan fingerprint density at radius 1 is 0.753 bits per heavy atom. The van der Waals surface area contributed by atoms with E-state index in [4.69, 9.17) is 20.0 Å². The number of imidazole rings is 1. The van der Waals surface area contributed by atoms with Crippen LogP contribution in [0, 0.1) is 18.3 Å². The summed E-state index contributed by atoms with van der Waals surface area (Å²) in [6.45, 7) is -0.169. The molecule has 5 aromatic carbocycles. The summed E-state index contributed by atoms with van der Waals surface area (Å²) in [5.74, 6) is -1.55. The zero-order chi connectivity index (χ0) is 52.2. The largest absolute Gasteiger partial charge is 0.505 e. The maximum Gasteiger partial charge on any atom is 0.297 e. The summed E-state index contributed by atoms with van der Waals surface area (Å²) in [5.41, 5.74) is -0.543. The molecule has 0 atom stereocenters. The molecule has 0 unspecified atom stereocenters. The molecule has 0 bridgehead atoms. The predicted molar refractivity (Wildman–Crippen MR) is 254 cm³/mol. The molecule has 0 saturated carbocycles. The van der Waals surface area contributed by atoms with Crippen molar-refractivity contribution in [1.82, 2.24) is 14.4 Å². The number of nitriles is 1. The third-order valence-electron chi connectivity index (χ3n) is 9.98. The molecule has 0 spiro atoms. The second-order valence-electron chi connectivity index (χ2n) is 14.3. The normalized spacial score (nSPS) is 12.5. The number of phenols is 1. The lowest BCUT2D eigenvalue weighted by Gasteiger charge is -2.14. The second-order valence-corrected chi connectivity index (χ2v) is 19.6. The number of rotatable bonds is 20. The molecule has 3 heterocycles. The summed E-state index contributed by atoms with van der Waals surface area (Å²) in [6.07, 6.45) is 0. The summed E-state index contributed by atoms with van der Waals surface area (Å²) < 4.78 is 93.1. The smallest absolute Gasteiger partial charge is 0.297 e. The van der Waals surface area contributed by atoms with Gasteiger partial charge >= 0.3 is 0 Å². The van der Waals surface area contributed by atoms with E-state index in [2.05, 4.69) is 59.4 Å². The lowest BCUT2D eigenvalue weighted by molar-refractivity contribution is -0.432. The van der Waals surface area contributed by atoms with Gasteiger partial charge in [-0.2, -0.15) is 22.1 Å². The van der Waals surface area contributed by atoms with E-state index in [0.29, 0.717) is 23.1 Å². The minimum absolute atomic E-state index is 0.0266. The Morgan fingerprint density at radius 2 is 1.40 bits per heavy atom. The van der Waals surface area contributed by atoms with Crippen molar-refractivity contribution < 1.29 is 85.1 Å².